The molecular weight excluding hydrogens is 250 g/mol. The molecule has 2 nitrogen and oxygen atoms in total. The van der Waals surface area contributed by atoms with Crippen molar-refractivity contribution < 1.29 is 18.3 Å². The zero-order valence-corrected chi connectivity index (χ0v) is 11.4. The minimum Gasteiger partial charge on any atom is -0.468 e. The van der Waals surface area contributed by atoms with E-state index < -0.39 is 23.2 Å². The maximum atomic E-state index is 14.1. The Hall–Kier alpha value is -1.45. The normalized spacial score (nSPS) is 16.3. The van der Waals surface area contributed by atoms with Gasteiger partial charge in [-0.1, -0.05) is 18.2 Å². The van der Waals surface area contributed by atoms with E-state index in [9.17, 15) is 13.6 Å². The van der Waals surface area contributed by atoms with Crippen LogP contribution in [0.4, 0.5) is 8.78 Å². The molecule has 4 heteroatoms. The molecule has 0 heterocycles. The van der Waals surface area contributed by atoms with Gasteiger partial charge in [0.1, 0.15) is 0 Å². The first kappa shape index (κ1) is 14.0. The number of methoxy groups -OCH3 is 1. The summed E-state index contributed by atoms with van der Waals surface area (Å²) in [5.41, 5.74) is -0.383. The van der Waals surface area contributed by atoms with Crippen molar-refractivity contribution in [2.24, 2.45) is 5.92 Å². The van der Waals surface area contributed by atoms with Gasteiger partial charge in [0.25, 0.3) is 5.92 Å². The van der Waals surface area contributed by atoms with Crippen LogP contribution in [0, 0.1) is 5.92 Å². The molecule has 0 aromatic heterocycles. The van der Waals surface area contributed by atoms with Crippen LogP contribution in [0.3, 0.4) is 0 Å². The molecule has 2 rings (SSSR count). The highest BCUT2D eigenvalue weighted by molar-refractivity contribution is 5.82. The molecule has 1 aliphatic carbocycles. The van der Waals surface area contributed by atoms with Crippen LogP contribution in [0.25, 0.3) is 0 Å². The van der Waals surface area contributed by atoms with Crippen molar-refractivity contribution in [3.05, 3.63) is 35.4 Å². The third-order valence-electron chi connectivity index (χ3n) is 3.75. The van der Waals surface area contributed by atoms with E-state index >= 15 is 0 Å². The van der Waals surface area contributed by atoms with Crippen LogP contribution >= 0.6 is 0 Å². The minimum absolute atomic E-state index is 0.00974. The predicted octanol–water partition coefficient (Wildman–Crippen LogP) is 3.64. The van der Waals surface area contributed by atoms with E-state index in [0.717, 1.165) is 0 Å². The number of rotatable bonds is 4. The smallest absolute Gasteiger partial charge is 0.315 e. The van der Waals surface area contributed by atoms with Crippen LogP contribution in [0.1, 0.15) is 37.8 Å². The van der Waals surface area contributed by atoms with Gasteiger partial charge in [-0.2, -0.15) is 0 Å². The van der Waals surface area contributed by atoms with Crippen molar-refractivity contribution in [2.45, 2.75) is 38.0 Å². The first-order valence-electron chi connectivity index (χ1n) is 6.37. The molecule has 19 heavy (non-hydrogen) atoms. The molecule has 0 atom stereocenters. The van der Waals surface area contributed by atoms with Crippen molar-refractivity contribution in [3.63, 3.8) is 0 Å². The number of halogens is 2. The van der Waals surface area contributed by atoms with Crippen LogP contribution in [0.2, 0.25) is 0 Å². The van der Waals surface area contributed by atoms with Crippen molar-refractivity contribution in [1.29, 1.82) is 0 Å². The van der Waals surface area contributed by atoms with E-state index in [2.05, 4.69) is 0 Å². The summed E-state index contributed by atoms with van der Waals surface area (Å²) in [5, 5.41) is 0. The molecule has 0 unspecified atom stereocenters. The highest BCUT2D eigenvalue weighted by Gasteiger charge is 2.48. The van der Waals surface area contributed by atoms with Crippen LogP contribution in [-0.2, 0) is 20.9 Å². The van der Waals surface area contributed by atoms with E-state index in [-0.39, 0.29) is 5.56 Å². The Morgan fingerprint density at radius 2 is 1.84 bits per heavy atom. The summed E-state index contributed by atoms with van der Waals surface area (Å²) in [5.74, 6) is -3.79. The molecule has 0 amide bonds. The quantitative estimate of drug-likeness (QED) is 0.779. The lowest BCUT2D eigenvalue weighted by atomic mass is 9.83. The second-order valence-corrected chi connectivity index (χ2v) is 5.59. The molecule has 0 N–H and O–H groups in total. The largest absolute Gasteiger partial charge is 0.468 e. The van der Waals surface area contributed by atoms with Gasteiger partial charge in [0.2, 0.25) is 0 Å². The summed E-state index contributed by atoms with van der Waals surface area (Å²) < 4.78 is 32.9. The first-order valence-corrected chi connectivity index (χ1v) is 6.37. The topological polar surface area (TPSA) is 26.3 Å². The highest BCUT2D eigenvalue weighted by atomic mass is 19.3. The molecule has 0 spiro atoms. The van der Waals surface area contributed by atoms with Gasteiger partial charge in [-0.25, -0.2) is 8.78 Å². The molecule has 0 bridgehead atoms. The summed E-state index contributed by atoms with van der Waals surface area (Å²) in [6.45, 7) is 3.35. The number of esters is 1. The summed E-state index contributed by atoms with van der Waals surface area (Å²) in [7, 11) is 1.30. The van der Waals surface area contributed by atoms with Crippen molar-refractivity contribution in [1.82, 2.24) is 0 Å². The SMILES string of the molecule is COC(=O)C(C)(C)c1cccc(C(F)(F)C2CC2)c1. The zero-order chi connectivity index (χ0) is 14.3. The van der Waals surface area contributed by atoms with E-state index in [4.69, 9.17) is 4.74 Å². The average Bonchev–Trinajstić information content (AvgIpc) is 3.22. The first-order chi connectivity index (χ1) is 8.80. The minimum atomic E-state index is -2.80. The van der Waals surface area contributed by atoms with E-state index in [1.165, 1.54) is 19.2 Å². The second kappa shape index (κ2) is 4.58. The fourth-order valence-corrected chi connectivity index (χ4v) is 2.17. The lowest BCUT2D eigenvalue weighted by molar-refractivity contribution is -0.146. The Morgan fingerprint density at radius 3 is 2.37 bits per heavy atom. The lowest BCUT2D eigenvalue weighted by Gasteiger charge is -2.24. The summed E-state index contributed by atoms with van der Waals surface area (Å²) in [4.78, 5) is 11.7. The standard InChI is InChI=1S/C15H18F2O2/c1-14(2,13(18)19-3)11-5-4-6-12(9-11)15(16,17)10-7-8-10/h4-6,9-10H,7-8H2,1-3H3. The van der Waals surface area contributed by atoms with Crippen molar-refractivity contribution in [3.8, 4) is 0 Å². The third kappa shape index (κ3) is 2.48. The van der Waals surface area contributed by atoms with Gasteiger partial charge in [0.05, 0.1) is 12.5 Å². The number of hydrogen-bond donors (Lipinski definition) is 0. The van der Waals surface area contributed by atoms with Gasteiger partial charge in [0, 0.05) is 11.5 Å². The summed E-state index contributed by atoms with van der Waals surface area (Å²) in [6.07, 6.45) is 1.13. The molecule has 1 aliphatic rings. The number of alkyl halides is 2. The van der Waals surface area contributed by atoms with Gasteiger partial charge in [-0.05, 0) is 38.3 Å². The molecule has 1 fully saturated rings. The number of hydrogen-bond acceptors (Lipinski definition) is 2. The van der Waals surface area contributed by atoms with Gasteiger partial charge in [-0.15, -0.1) is 0 Å². The molecule has 1 aromatic carbocycles. The Labute approximate surface area is 111 Å². The molecule has 104 valence electrons. The monoisotopic (exact) mass is 268 g/mol. The number of carbonyl (C=O) groups is 1. The van der Waals surface area contributed by atoms with Crippen LogP contribution in [0.15, 0.2) is 24.3 Å². The molecular formula is C15H18F2O2. The van der Waals surface area contributed by atoms with E-state index in [1.807, 2.05) is 0 Å². The summed E-state index contributed by atoms with van der Waals surface area (Å²) in [6, 6.07) is 6.11. The van der Waals surface area contributed by atoms with Crippen LogP contribution in [-0.4, -0.2) is 13.1 Å². The number of benzene rings is 1. The number of carbonyl (C=O) groups excluding carboxylic acids is 1. The Morgan fingerprint density at radius 1 is 1.26 bits per heavy atom. The zero-order valence-electron chi connectivity index (χ0n) is 11.4. The number of ether oxygens (including phenoxy) is 1. The fraction of sp³-hybridized carbons (Fsp3) is 0.533. The molecule has 1 saturated carbocycles. The fourth-order valence-electron chi connectivity index (χ4n) is 2.17. The van der Waals surface area contributed by atoms with E-state index in [1.54, 1.807) is 26.0 Å². The van der Waals surface area contributed by atoms with Gasteiger partial charge in [-0.3, -0.25) is 4.79 Å². The molecule has 0 radical (unpaired) electrons. The predicted molar refractivity (Wildman–Crippen MR) is 68.1 cm³/mol. The third-order valence-corrected chi connectivity index (χ3v) is 3.75. The molecule has 1 aromatic rings. The Balaban J connectivity index is 2.37. The second-order valence-electron chi connectivity index (χ2n) is 5.59. The van der Waals surface area contributed by atoms with Crippen molar-refractivity contribution in [2.75, 3.05) is 7.11 Å². The van der Waals surface area contributed by atoms with Gasteiger partial charge >= 0.3 is 5.97 Å². The Kier molecular flexibility index (Phi) is 3.37. The van der Waals surface area contributed by atoms with Gasteiger partial charge < -0.3 is 4.74 Å². The maximum Gasteiger partial charge on any atom is 0.315 e. The van der Waals surface area contributed by atoms with Crippen LogP contribution < -0.4 is 0 Å². The van der Waals surface area contributed by atoms with Crippen LogP contribution in [0.5, 0.6) is 0 Å². The Bertz CT molecular complexity index is 491. The summed E-state index contributed by atoms with van der Waals surface area (Å²) >= 11 is 0. The van der Waals surface area contributed by atoms with E-state index in [0.29, 0.717) is 18.4 Å². The lowest BCUT2D eigenvalue weighted by Crippen LogP contribution is -2.30. The maximum absolute atomic E-state index is 14.1. The highest BCUT2D eigenvalue weighted by Crippen LogP contribution is 2.50. The van der Waals surface area contributed by atoms with Gasteiger partial charge in [0.15, 0.2) is 0 Å². The average molecular weight is 268 g/mol. The van der Waals surface area contributed by atoms with Crippen molar-refractivity contribution >= 4 is 5.97 Å². The molecule has 0 saturated heterocycles. The molecule has 0 aliphatic heterocycles.